The van der Waals surface area contributed by atoms with E-state index in [9.17, 15) is 9.59 Å². The molecule has 2 amide bonds. The Morgan fingerprint density at radius 2 is 1.89 bits per heavy atom. The van der Waals surface area contributed by atoms with E-state index in [0.717, 1.165) is 11.1 Å². The molecule has 0 radical (unpaired) electrons. The molecule has 2 aromatic carbocycles. The molecule has 0 saturated heterocycles. The van der Waals surface area contributed by atoms with Crippen LogP contribution < -0.4 is 20.2 Å². The van der Waals surface area contributed by atoms with Gasteiger partial charge in [-0.25, -0.2) is 5.43 Å². The summed E-state index contributed by atoms with van der Waals surface area (Å²) in [5, 5.41) is 7.16. The first-order valence-electron chi connectivity index (χ1n) is 8.29. The van der Waals surface area contributed by atoms with E-state index in [2.05, 4.69) is 15.8 Å². The summed E-state index contributed by atoms with van der Waals surface area (Å²) in [6.07, 6.45) is 1.55. The maximum absolute atomic E-state index is 12.0. The van der Waals surface area contributed by atoms with Crippen LogP contribution in [-0.4, -0.2) is 24.8 Å². The SMILES string of the molecule is Cc1ccc(Cl)cc1NC(=O)CCC(=O)NN=Cc1ccc2c(c1)OCO2. The van der Waals surface area contributed by atoms with Gasteiger partial charge >= 0.3 is 0 Å². The lowest BCUT2D eigenvalue weighted by atomic mass is 10.2. The molecule has 0 aromatic heterocycles. The van der Waals surface area contributed by atoms with Gasteiger partial charge < -0.3 is 14.8 Å². The van der Waals surface area contributed by atoms with E-state index >= 15 is 0 Å². The Labute approximate surface area is 161 Å². The zero-order valence-electron chi connectivity index (χ0n) is 14.6. The molecule has 0 fully saturated rings. The number of ether oxygens (including phenoxy) is 2. The lowest BCUT2D eigenvalue weighted by Crippen LogP contribution is -2.20. The van der Waals surface area contributed by atoms with Gasteiger partial charge in [-0.15, -0.1) is 0 Å². The summed E-state index contributed by atoms with van der Waals surface area (Å²) >= 11 is 5.92. The molecule has 3 rings (SSSR count). The van der Waals surface area contributed by atoms with Crippen LogP contribution in [-0.2, 0) is 9.59 Å². The average Bonchev–Trinajstić information content (AvgIpc) is 3.11. The summed E-state index contributed by atoms with van der Waals surface area (Å²) in [4.78, 5) is 23.8. The number of aryl methyl sites for hydroxylation is 1. The van der Waals surface area contributed by atoms with E-state index in [0.29, 0.717) is 22.2 Å². The third-order valence-electron chi connectivity index (χ3n) is 3.85. The number of anilines is 1. The van der Waals surface area contributed by atoms with E-state index in [1.165, 1.54) is 6.21 Å². The Balaban J connectivity index is 1.44. The molecule has 1 aliphatic rings. The highest BCUT2D eigenvalue weighted by Crippen LogP contribution is 2.31. The first kappa shape index (κ1) is 18.7. The molecular weight excluding hydrogens is 370 g/mol. The molecule has 7 nitrogen and oxygen atoms in total. The number of rotatable bonds is 6. The van der Waals surface area contributed by atoms with Crippen molar-refractivity contribution < 1.29 is 19.1 Å². The number of amides is 2. The normalized spacial score (nSPS) is 12.2. The van der Waals surface area contributed by atoms with Gasteiger partial charge in [0.1, 0.15) is 0 Å². The molecule has 8 heteroatoms. The van der Waals surface area contributed by atoms with Crippen LogP contribution >= 0.6 is 11.6 Å². The molecule has 0 saturated carbocycles. The van der Waals surface area contributed by atoms with E-state index in [1.807, 2.05) is 13.0 Å². The molecule has 2 aromatic rings. The number of nitrogens with zero attached hydrogens (tertiary/aromatic N) is 1. The van der Waals surface area contributed by atoms with Crippen LogP contribution in [0.2, 0.25) is 5.02 Å². The maximum atomic E-state index is 12.0. The highest BCUT2D eigenvalue weighted by Gasteiger charge is 2.12. The van der Waals surface area contributed by atoms with Crippen LogP contribution in [0.4, 0.5) is 5.69 Å². The van der Waals surface area contributed by atoms with Gasteiger partial charge in [0, 0.05) is 23.6 Å². The van der Waals surface area contributed by atoms with Gasteiger partial charge in [0.25, 0.3) is 0 Å². The molecule has 0 unspecified atom stereocenters. The predicted octanol–water partition coefficient (Wildman–Crippen LogP) is 3.25. The van der Waals surface area contributed by atoms with Crippen LogP contribution in [0.15, 0.2) is 41.5 Å². The number of carbonyl (C=O) groups excluding carboxylic acids is 2. The van der Waals surface area contributed by atoms with Gasteiger partial charge in [-0.2, -0.15) is 5.10 Å². The molecule has 1 heterocycles. The zero-order valence-corrected chi connectivity index (χ0v) is 15.4. The molecule has 0 atom stereocenters. The van der Waals surface area contributed by atoms with Gasteiger partial charge in [-0.3, -0.25) is 9.59 Å². The Bertz CT molecular complexity index is 899. The van der Waals surface area contributed by atoms with Crippen LogP contribution in [0.5, 0.6) is 11.5 Å². The first-order chi connectivity index (χ1) is 13.0. The smallest absolute Gasteiger partial charge is 0.240 e. The molecule has 140 valence electrons. The van der Waals surface area contributed by atoms with Crippen molar-refractivity contribution >= 4 is 35.3 Å². The second-order valence-corrected chi connectivity index (χ2v) is 6.35. The molecule has 0 aliphatic carbocycles. The highest BCUT2D eigenvalue weighted by atomic mass is 35.5. The fraction of sp³-hybridized carbons (Fsp3) is 0.211. The second kappa shape index (κ2) is 8.55. The Kier molecular flexibility index (Phi) is 5.93. The number of nitrogens with one attached hydrogen (secondary N) is 2. The zero-order chi connectivity index (χ0) is 19.2. The van der Waals surface area contributed by atoms with Crippen LogP contribution in [0.3, 0.4) is 0 Å². The third kappa shape index (κ3) is 5.21. The van der Waals surface area contributed by atoms with Gasteiger partial charge in [-0.05, 0) is 48.4 Å². The van der Waals surface area contributed by atoms with E-state index < -0.39 is 0 Å². The minimum absolute atomic E-state index is 0.0178. The maximum Gasteiger partial charge on any atom is 0.240 e. The number of fused-ring (bicyclic) bond motifs is 1. The number of benzene rings is 2. The summed E-state index contributed by atoms with van der Waals surface area (Å²) in [5.41, 5.74) is 4.68. The standard InChI is InChI=1S/C19H18ClN3O4/c1-12-2-4-14(20)9-15(12)22-18(24)6-7-19(25)23-21-10-13-3-5-16-17(8-13)27-11-26-16/h2-5,8-10H,6-7,11H2,1H3,(H,22,24)(H,23,25). The van der Waals surface area contributed by atoms with Crippen molar-refractivity contribution in [3.05, 3.63) is 52.5 Å². The number of hydrogen-bond acceptors (Lipinski definition) is 5. The van der Waals surface area contributed by atoms with Gasteiger partial charge in [-0.1, -0.05) is 17.7 Å². The van der Waals surface area contributed by atoms with Gasteiger partial charge in [0.15, 0.2) is 11.5 Å². The molecule has 2 N–H and O–H groups in total. The number of hydrogen-bond donors (Lipinski definition) is 2. The Morgan fingerprint density at radius 3 is 2.74 bits per heavy atom. The number of hydrazone groups is 1. The van der Waals surface area contributed by atoms with E-state index in [1.54, 1.807) is 30.3 Å². The van der Waals surface area contributed by atoms with Crippen molar-refractivity contribution in [1.82, 2.24) is 5.43 Å². The molecule has 1 aliphatic heterocycles. The van der Waals surface area contributed by atoms with Crippen molar-refractivity contribution in [1.29, 1.82) is 0 Å². The summed E-state index contributed by atoms with van der Waals surface area (Å²) in [5.74, 6) is 0.690. The van der Waals surface area contributed by atoms with Crippen LogP contribution in [0, 0.1) is 6.92 Å². The minimum Gasteiger partial charge on any atom is -0.454 e. The Hall–Kier alpha value is -3.06. The first-order valence-corrected chi connectivity index (χ1v) is 8.66. The second-order valence-electron chi connectivity index (χ2n) is 5.91. The average molecular weight is 388 g/mol. The highest BCUT2D eigenvalue weighted by molar-refractivity contribution is 6.31. The summed E-state index contributed by atoms with van der Waals surface area (Å²) in [6.45, 7) is 2.06. The fourth-order valence-electron chi connectivity index (χ4n) is 2.40. The molecular formula is C19H18ClN3O4. The minimum atomic E-state index is -0.357. The van der Waals surface area contributed by atoms with Crippen molar-refractivity contribution in [2.75, 3.05) is 12.1 Å². The van der Waals surface area contributed by atoms with E-state index in [4.69, 9.17) is 21.1 Å². The Morgan fingerprint density at radius 1 is 1.11 bits per heavy atom. The largest absolute Gasteiger partial charge is 0.454 e. The third-order valence-corrected chi connectivity index (χ3v) is 4.09. The van der Waals surface area contributed by atoms with Gasteiger partial charge in [0.05, 0.1) is 6.21 Å². The summed E-state index contributed by atoms with van der Waals surface area (Å²) < 4.78 is 10.5. The van der Waals surface area contributed by atoms with Crippen molar-refractivity contribution in [2.45, 2.75) is 19.8 Å². The molecule has 0 spiro atoms. The fourth-order valence-corrected chi connectivity index (χ4v) is 2.57. The lowest BCUT2D eigenvalue weighted by Gasteiger charge is -2.08. The molecule has 0 bridgehead atoms. The lowest BCUT2D eigenvalue weighted by molar-refractivity contribution is -0.124. The predicted molar refractivity (Wildman–Crippen MR) is 102 cm³/mol. The summed E-state index contributed by atoms with van der Waals surface area (Å²) in [7, 11) is 0. The van der Waals surface area contributed by atoms with Crippen molar-refractivity contribution in [3.8, 4) is 11.5 Å². The van der Waals surface area contributed by atoms with E-state index in [-0.39, 0.29) is 31.4 Å². The number of halogens is 1. The monoisotopic (exact) mass is 387 g/mol. The quantitative estimate of drug-likeness (QED) is 0.588. The topological polar surface area (TPSA) is 89.0 Å². The summed E-state index contributed by atoms with van der Waals surface area (Å²) in [6, 6.07) is 10.6. The van der Waals surface area contributed by atoms with Crippen molar-refractivity contribution in [3.63, 3.8) is 0 Å². The molecule has 27 heavy (non-hydrogen) atoms. The van der Waals surface area contributed by atoms with Crippen LogP contribution in [0.25, 0.3) is 0 Å². The van der Waals surface area contributed by atoms with Crippen molar-refractivity contribution in [2.24, 2.45) is 5.10 Å². The van der Waals surface area contributed by atoms with Crippen LogP contribution in [0.1, 0.15) is 24.0 Å². The number of carbonyl (C=O) groups is 2. The van der Waals surface area contributed by atoms with Gasteiger partial charge in [0.2, 0.25) is 18.6 Å².